The Morgan fingerprint density at radius 2 is 2.04 bits per heavy atom. The Labute approximate surface area is 157 Å². The minimum atomic E-state index is 0.204. The van der Waals surface area contributed by atoms with Gasteiger partial charge >= 0.3 is 0 Å². The average molecular weight is 364 g/mol. The van der Waals surface area contributed by atoms with Crippen LogP contribution in [0.4, 0.5) is 5.69 Å². The summed E-state index contributed by atoms with van der Waals surface area (Å²) in [6.07, 6.45) is 1.58. The molecule has 0 aliphatic carbocycles. The van der Waals surface area contributed by atoms with Gasteiger partial charge in [0.1, 0.15) is 0 Å². The summed E-state index contributed by atoms with van der Waals surface area (Å²) in [5, 5.41) is 5.33. The highest BCUT2D eigenvalue weighted by molar-refractivity contribution is 8.14. The molecule has 132 valence electrons. The lowest BCUT2D eigenvalue weighted by molar-refractivity contribution is -0.117. The Balaban J connectivity index is 1.45. The minimum absolute atomic E-state index is 0.204. The van der Waals surface area contributed by atoms with Crippen LogP contribution in [0.1, 0.15) is 24.0 Å². The maximum atomic E-state index is 12.0. The van der Waals surface area contributed by atoms with E-state index in [1.54, 1.807) is 11.8 Å². The van der Waals surface area contributed by atoms with Crippen molar-refractivity contribution in [2.75, 3.05) is 17.2 Å². The van der Waals surface area contributed by atoms with Crippen molar-refractivity contribution in [2.45, 2.75) is 19.4 Å². The fourth-order valence-corrected chi connectivity index (χ4v) is 3.84. The van der Waals surface area contributed by atoms with E-state index in [1.807, 2.05) is 41.3 Å². The number of nitrogens with one attached hydrogen (secondary N) is 1. The van der Waals surface area contributed by atoms with E-state index in [1.165, 1.54) is 5.56 Å². The molecule has 2 aliphatic rings. The quantitative estimate of drug-likeness (QED) is 0.904. The number of hydrogen-bond acceptors (Lipinski definition) is 4. The number of amides is 1. The lowest BCUT2D eigenvalue weighted by Gasteiger charge is -2.18. The Morgan fingerprint density at radius 1 is 1.15 bits per heavy atom. The Kier molecular flexibility index (Phi) is 5.02. The first-order valence-electron chi connectivity index (χ1n) is 8.74. The molecule has 2 aliphatic heterocycles. The van der Waals surface area contributed by atoms with Crippen molar-refractivity contribution in [3.8, 4) is 0 Å². The van der Waals surface area contributed by atoms with Crippen molar-refractivity contribution in [3.05, 3.63) is 65.7 Å². The number of hydrazone groups is 1. The SMILES string of the molecule is O=C1CCCN1c1cccc(C2=NNC(=NCc3ccccc3)SC2)c1. The van der Waals surface area contributed by atoms with E-state index in [0.29, 0.717) is 13.0 Å². The highest BCUT2D eigenvalue weighted by Gasteiger charge is 2.22. The number of nitrogens with zero attached hydrogens (tertiary/aromatic N) is 3. The number of carbonyl (C=O) groups is 1. The Bertz CT molecular complexity index is 863. The third-order valence-electron chi connectivity index (χ3n) is 4.44. The zero-order valence-corrected chi connectivity index (χ0v) is 15.2. The van der Waals surface area contributed by atoms with Gasteiger partial charge in [-0.15, -0.1) is 0 Å². The van der Waals surface area contributed by atoms with E-state index in [-0.39, 0.29) is 5.91 Å². The first-order chi connectivity index (χ1) is 12.8. The van der Waals surface area contributed by atoms with Crippen molar-refractivity contribution < 1.29 is 4.79 Å². The summed E-state index contributed by atoms with van der Waals surface area (Å²) in [5.41, 5.74) is 7.22. The van der Waals surface area contributed by atoms with Crippen LogP contribution in [0.3, 0.4) is 0 Å². The van der Waals surface area contributed by atoms with Crippen LogP contribution in [0, 0.1) is 0 Å². The Hall–Kier alpha value is -2.60. The van der Waals surface area contributed by atoms with E-state index in [9.17, 15) is 4.79 Å². The number of thioether (sulfide) groups is 1. The van der Waals surface area contributed by atoms with Crippen LogP contribution >= 0.6 is 11.8 Å². The third kappa shape index (κ3) is 3.80. The number of rotatable bonds is 4. The van der Waals surface area contributed by atoms with Gasteiger partial charge in [0.25, 0.3) is 0 Å². The van der Waals surface area contributed by atoms with Gasteiger partial charge in [0.05, 0.1) is 12.3 Å². The topological polar surface area (TPSA) is 57.1 Å². The molecular weight excluding hydrogens is 344 g/mol. The standard InChI is InChI=1S/C20H20N4OS/c25-19-10-5-11-24(19)17-9-4-8-16(12-17)18-14-26-20(23-22-18)21-13-15-6-2-1-3-7-15/h1-4,6-9,12H,5,10-11,13-14H2,(H,21,23). The van der Waals surface area contributed by atoms with Crippen LogP contribution < -0.4 is 10.3 Å². The zero-order chi connectivity index (χ0) is 17.8. The highest BCUT2D eigenvalue weighted by atomic mass is 32.2. The van der Waals surface area contributed by atoms with E-state index >= 15 is 0 Å². The molecule has 26 heavy (non-hydrogen) atoms. The van der Waals surface area contributed by atoms with Gasteiger partial charge in [-0.1, -0.05) is 54.2 Å². The first kappa shape index (κ1) is 16.8. The largest absolute Gasteiger partial charge is 0.312 e. The average Bonchev–Trinajstić information content (AvgIpc) is 3.14. The predicted molar refractivity (Wildman–Crippen MR) is 108 cm³/mol. The van der Waals surface area contributed by atoms with Crippen molar-refractivity contribution >= 4 is 34.2 Å². The summed E-state index contributed by atoms with van der Waals surface area (Å²) in [5.74, 6) is 0.966. The van der Waals surface area contributed by atoms with Crippen LogP contribution in [0.25, 0.3) is 0 Å². The molecule has 0 bridgehead atoms. The summed E-state index contributed by atoms with van der Waals surface area (Å²) in [7, 11) is 0. The second-order valence-electron chi connectivity index (χ2n) is 6.27. The van der Waals surface area contributed by atoms with Crippen molar-refractivity contribution in [2.24, 2.45) is 10.1 Å². The van der Waals surface area contributed by atoms with Crippen LogP contribution in [-0.2, 0) is 11.3 Å². The number of benzene rings is 2. The normalized spacial score (nSPS) is 18.8. The summed E-state index contributed by atoms with van der Waals surface area (Å²) >= 11 is 1.65. The molecule has 4 rings (SSSR count). The van der Waals surface area contributed by atoms with Crippen LogP contribution in [0.2, 0.25) is 0 Å². The molecule has 0 saturated carbocycles. The predicted octanol–water partition coefficient (Wildman–Crippen LogP) is 3.41. The van der Waals surface area contributed by atoms with Crippen molar-refractivity contribution in [3.63, 3.8) is 0 Å². The van der Waals surface area contributed by atoms with Gasteiger partial charge in [0, 0.05) is 30.0 Å². The zero-order valence-electron chi connectivity index (χ0n) is 14.4. The molecular formula is C20H20N4OS. The van der Waals surface area contributed by atoms with Gasteiger partial charge < -0.3 is 4.90 Å². The maximum Gasteiger partial charge on any atom is 0.227 e. The lowest BCUT2D eigenvalue weighted by Crippen LogP contribution is -2.26. The molecule has 2 heterocycles. The Morgan fingerprint density at radius 3 is 2.77 bits per heavy atom. The summed E-state index contributed by atoms with van der Waals surface area (Å²) < 4.78 is 0. The number of carbonyl (C=O) groups excluding carboxylic acids is 1. The van der Waals surface area contributed by atoms with Crippen LogP contribution in [0.15, 0.2) is 64.7 Å². The number of aliphatic imine (C=N–C) groups is 1. The number of anilines is 1. The van der Waals surface area contributed by atoms with E-state index in [4.69, 9.17) is 0 Å². The van der Waals surface area contributed by atoms with Crippen LogP contribution in [-0.4, -0.2) is 29.1 Å². The van der Waals surface area contributed by atoms with Gasteiger partial charge in [-0.05, 0) is 24.1 Å². The van der Waals surface area contributed by atoms with Gasteiger partial charge in [0.2, 0.25) is 5.91 Å². The molecule has 0 atom stereocenters. The first-order valence-corrected chi connectivity index (χ1v) is 9.73. The molecule has 1 N–H and O–H groups in total. The van der Waals surface area contributed by atoms with E-state index in [0.717, 1.165) is 40.8 Å². The molecule has 5 nitrogen and oxygen atoms in total. The maximum absolute atomic E-state index is 12.0. The van der Waals surface area contributed by atoms with Crippen LogP contribution in [0.5, 0.6) is 0 Å². The minimum Gasteiger partial charge on any atom is -0.312 e. The molecule has 2 aromatic rings. The molecule has 1 fully saturated rings. The molecule has 0 unspecified atom stereocenters. The summed E-state index contributed by atoms with van der Waals surface area (Å²) in [6.45, 7) is 1.45. The van der Waals surface area contributed by atoms with Gasteiger partial charge in [-0.25, -0.2) is 0 Å². The molecule has 1 saturated heterocycles. The fraction of sp³-hybridized carbons (Fsp3) is 0.250. The molecule has 2 aromatic carbocycles. The number of amidine groups is 1. The third-order valence-corrected chi connectivity index (χ3v) is 5.36. The van der Waals surface area contributed by atoms with E-state index in [2.05, 4.69) is 33.7 Å². The van der Waals surface area contributed by atoms with Gasteiger partial charge in [-0.3, -0.25) is 15.2 Å². The molecule has 6 heteroatoms. The smallest absolute Gasteiger partial charge is 0.227 e. The lowest BCUT2D eigenvalue weighted by atomic mass is 10.1. The number of hydrogen-bond donors (Lipinski definition) is 1. The monoisotopic (exact) mass is 364 g/mol. The van der Waals surface area contributed by atoms with E-state index < -0.39 is 0 Å². The molecule has 0 radical (unpaired) electrons. The molecule has 0 spiro atoms. The van der Waals surface area contributed by atoms with Gasteiger partial charge in [-0.2, -0.15) is 5.10 Å². The second kappa shape index (κ2) is 7.74. The second-order valence-corrected chi connectivity index (χ2v) is 7.23. The molecule has 1 amide bonds. The van der Waals surface area contributed by atoms with Crippen molar-refractivity contribution in [1.29, 1.82) is 0 Å². The molecule has 0 aromatic heterocycles. The van der Waals surface area contributed by atoms with Gasteiger partial charge in [0.15, 0.2) is 5.17 Å². The highest BCUT2D eigenvalue weighted by Crippen LogP contribution is 2.24. The summed E-state index contributed by atoms with van der Waals surface area (Å²) in [6, 6.07) is 18.2. The fourth-order valence-electron chi connectivity index (χ4n) is 3.07. The summed E-state index contributed by atoms with van der Waals surface area (Å²) in [4.78, 5) is 18.4. The van der Waals surface area contributed by atoms with Crippen molar-refractivity contribution in [1.82, 2.24) is 5.43 Å².